The molecule has 0 aromatic heterocycles. The molecule has 1 aliphatic rings. The van der Waals surface area contributed by atoms with Gasteiger partial charge in [0.05, 0.1) is 19.6 Å². The Morgan fingerprint density at radius 2 is 1.89 bits per heavy atom. The zero-order chi connectivity index (χ0) is 19.2. The molecular formula is C21H24N2O4. The molecule has 27 heavy (non-hydrogen) atoms. The van der Waals surface area contributed by atoms with Crippen molar-refractivity contribution in [1.29, 1.82) is 0 Å². The van der Waals surface area contributed by atoms with Crippen molar-refractivity contribution in [2.75, 3.05) is 23.8 Å². The average Bonchev–Trinajstić information content (AvgIpc) is 3.08. The molecule has 1 aliphatic heterocycles. The van der Waals surface area contributed by atoms with E-state index in [0.29, 0.717) is 24.6 Å². The predicted octanol–water partition coefficient (Wildman–Crippen LogP) is 4.01. The summed E-state index contributed by atoms with van der Waals surface area (Å²) in [5.74, 6) is 1.06. The Morgan fingerprint density at radius 3 is 2.67 bits per heavy atom. The summed E-state index contributed by atoms with van der Waals surface area (Å²) < 4.78 is 10.6. The van der Waals surface area contributed by atoms with E-state index in [-0.39, 0.29) is 18.2 Å². The van der Waals surface area contributed by atoms with Crippen molar-refractivity contribution in [2.24, 2.45) is 5.92 Å². The summed E-state index contributed by atoms with van der Waals surface area (Å²) >= 11 is 0. The van der Waals surface area contributed by atoms with Crippen LogP contribution in [0, 0.1) is 5.92 Å². The van der Waals surface area contributed by atoms with Gasteiger partial charge >= 0.3 is 6.09 Å². The molecular weight excluding hydrogens is 344 g/mol. The molecule has 0 atom stereocenters. The Labute approximate surface area is 158 Å². The maximum Gasteiger partial charge on any atom is 0.411 e. The summed E-state index contributed by atoms with van der Waals surface area (Å²) in [4.78, 5) is 24.1. The molecule has 0 unspecified atom stereocenters. The molecule has 3 rings (SSSR count). The largest absolute Gasteiger partial charge is 0.493 e. The van der Waals surface area contributed by atoms with Crippen molar-refractivity contribution in [2.45, 2.75) is 26.7 Å². The second kappa shape index (κ2) is 8.58. The van der Waals surface area contributed by atoms with Crippen LogP contribution in [0.4, 0.5) is 16.2 Å². The van der Waals surface area contributed by atoms with Crippen molar-refractivity contribution in [3.8, 4) is 5.75 Å². The van der Waals surface area contributed by atoms with Crippen LogP contribution in [-0.2, 0) is 22.4 Å². The summed E-state index contributed by atoms with van der Waals surface area (Å²) in [6, 6.07) is 12.8. The van der Waals surface area contributed by atoms with Gasteiger partial charge in [0.25, 0.3) is 0 Å². The molecule has 0 aliphatic carbocycles. The Kier molecular flexibility index (Phi) is 5.96. The Hall–Kier alpha value is -3.02. The number of fused-ring (bicyclic) bond motifs is 1. The first-order chi connectivity index (χ1) is 13.0. The van der Waals surface area contributed by atoms with E-state index in [1.54, 1.807) is 24.3 Å². The van der Waals surface area contributed by atoms with Crippen molar-refractivity contribution in [3.05, 3.63) is 53.6 Å². The number of ether oxygens (including phenoxy) is 2. The third-order valence-electron chi connectivity index (χ3n) is 4.06. The maximum absolute atomic E-state index is 12.3. The Morgan fingerprint density at radius 1 is 1.11 bits per heavy atom. The van der Waals surface area contributed by atoms with Gasteiger partial charge in [-0.05, 0) is 41.3 Å². The van der Waals surface area contributed by atoms with Crippen LogP contribution in [0.5, 0.6) is 5.75 Å². The van der Waals surface area contributed by atoms with E-state index in [0.717, 1.165) is 23.3 Å². The monoisotopic (exact) mass is 368 g/mol. The fourth-order valence-corrected chi connectivity index (χ4v) is 2.81. The fourth-order valence-electron chi connectivity index (χ4n) is 2.81. The van der Waals surface area contributed by atoms with Crippen LogP contribution in [0.3, 0.4) is 0 Å². The van der Waals surface area contributed by atoms with E-state index in [9.17, 15) is 9.59 Å². The van der Waals surface area contributed by atoms with Gasteiger partial charge in [-0.25, -0.2) is 4.79 Å². The second-order valence-corrected chi connectivity index (χ2v) is 6.96. The van der Waals surface area contributed by atoms with Crippen LogP contribution in [0.1, 0.15) is 25.0 Å². The number of hydrogen-bond acceptors (Lipinski definition) is 4. The zero-order valence-electron chi connectivity index (χ0n) is 15.6. The number of hydrogen-bond donors (Lipinski definition) is 2. The van der Waals surface area contributed by atoms with Crippen molar-refractivity contribution in [3.63, 3.8) is 0 Å². The number of carbonyl (C=O) groups excluding carboxylic acids is 2. The quantitative estimate of drug-likeness (QED) is 0.808. The van der Waals surface area contributed by atoms with Crippen LogP contribution in [0.2, 0.25) is 0 Å². The highest BCUT2D eigenvalue weighted by Crippen LogP contribution is 2.26. The van der Waals surface area contributed by atoms with Crippen LogP contribution in [0.25, 0.3) is 0 Å². The molecule has 142 valence electrons. The Balaban J connectivity index is 1.55. The van der Waals surface area contributed by atoms with Gasteiger partial charge in [0.2, 0.25) is 5.91 Å². The maximum atomic E-state index is 12.3. The molecule has 1 heterocycles. The lowest BCUT2D eigenvalue weighted by atomic mass is 10.1. The molecule has 2 N–H and O–H groups in total. The smallest absolute Gasteiger partial charge is 0.411 e. The number of amides is 2. The lowest BCUT2D eigenvalue weighted by Gasteiger charge is -2.11. The van der Waals surface area contributed by atoms with E-state index >= 15 is 0 Å². The van der Waals surface area contributed by atoms with Gasteiger partial charge in [-0.3, -0.25) is 10.1 Å². The highest BCUT2D eigenvalue weighted by atomic mass is 16.5. The average molecular weight is 368 g/mol. The topological polar surface area (TPSA) is 76.7 Å². The molecule has 0 spiro atoms. The van der Waals surface area contributed by atoms with E-state index in [4.69, 9.17) is 9.47 Å². The molecule has 0 bridgehead atoms. The van der Waals surface area contributed by atoms with Gasteiger partial charge in [-0.15, -0.1) is 0 Å². The molecule has 0 saturated carbocycles. The molecule has 6 nitrogen and oxygen atoms in total. The minimum atomic E-state index is -0.507. The van der Waals surface area contributed by atoms with Crippen molar-refractivity contribution < 1.29 is 19.1 Å². The molecule has 2 amide bonds. The second-order valence-electron chi connectivity index (χ2n) is 6.96. The zero-order valence-corrected chi connectivity index (χ0v) is 15.6. The van der Waals surface area contributed by atoms with Gasteiger partial charge in [-0.1, -0.05) is 32.0 Å². The molecule has 2 aromatic carbocycles. The SMILES string of the molecule is CC(C)COC(=O)Nc1cccc(NC(=O)Cc2ccc3c(c2)CCO3)c1. The number of nitrogens with one attached hydrogen (secondary N) is 2. The van der Waals surface area contributed by atoms with Crippen LogP contribution >= 0.6 is 0 Å². The molecule has 0 fully saturated rings. The van der Waals surface area contributed by atoms with Gasteiger partial charge in [0, 0.05) is 17.8 Å². The van der Waals surface area contributed by atoms with E-state index in [1.807, 2.05) is 32.0 Å². The predicted molar refractivity (Wildman–Crippen MR) is 104 cm³/mol. The lowest BCUT2D eigenvalue weighted by Crippen LogP contribution is -2.17. The van der Waals surface area contributed by atoms with Gasteiger partial charge in [0.15, 0.2) is 0 Å². The number of benzene rings is 2. The van der Waals surface area contributed by atoms with Crippen molar-refractivity contribution in [1.82, 2.24) is 0 Å². The third-order valence-corrected chi connectivity index (χ3v) is 4.06. The number of carbonyl (C=O) groups is 2. The molecule has 0 radical (unpaired) electrons. The van der Waals surface area contributed by atoms with Gasteiger partial charge < -0.3 is 14.8 Å². The van der Waals surface area contributed by atoms with E-state index in [1.165, 1.54) is 0 Å². The summed E-state index contributed by atoms with van der Waals surface area (Å²) in [5.41, 5.74) is 3.28. The first kappa shape index (κ1) is 18.8. The van der Waals surface area contributed by atoms with E-state index in [2.05, 4.69) is 10.6 Å². The highest BCUT2D eigenvalue weighted by molar-refractivity contribution is 5.93. The van der Waals surface area contributed by atoms with Gasteiger partial charge in [0.1, 0.15) is 5.75 Å². The molecule has 6 heteroatoms. The first-order valence-corrected chi connectivity index (χ1v) is 9.08. The summed E-state index contributed by atoms with van der Waals surface area (Å²) in [5, 5.41) is 5.52. The summed E-state index contributed by atoms with van der Waals surface area (Å²) in [6.45, 7) is 4.99. The molecule has 0 saturated heterocycles. The highest BCUT2D eigenvalue weighted by Gasteiger charge is 2.13. The minimum absolute atomic E-state index is 0.117. The standard InChI is InChI=1S/C21H24N2O4/c1-14(2)13-27-21(25)23-18-5-3-4-17(12-18)22-20(24)11-15-6-7-19-16(10-15)8-9-26-19/h3-7,10,12,14H,8-9,11,13H2,1-2H3,(H,22,24)(H,23,25). The van der Waals surface area contributed by atoms with Crippen LogP contribution in [0.15, 0.2) is 42.5 Å². The summed E-state index contributed by atoms with van der Waals surface area (Å²) in [7, 11) is 0. The minimum Gasteiger partial charge on any atom is -0.493 e. The molecule has 2 aromatic rings. The summed E-state index contributed by atoms with van der Waals surface area (Å²) in [6.07, 6.45) is 0.653. The number of anilines is 2. The fraction of sp³-hybridized carbons (Fsp3) is 0.333. The van der Waals surface area contributed by atoms with Crippen LogP contribution < -0.4 is 15.4 Å². The number of rotatable bonds is 6. The van der Waals surface area contributed by atoms with Crippen molar-refractivity contribution >= 4 is 23.4 Å². The first-order valence-electron chi connectivity index (χ1n) is 9.08. The Bertz CT molecular complexity index is 833. The third kappa shape index (κ3) is 5.48. The lowest BCUT2D eigenvalue weighted by molar-refractivity contribution is -0.115. The normalized spacial score (nSPS) is 12.3. The van der Waals surface area contributed by atoms with E-state index < -0.39 is 6.09 Å². The van der Waals surface area contributed by atoms with Crippen LogP contribution in [-0.4, -0.2) is 25.2 Å². The van der Waals surface area contributed by atoms with Gasteiger partial charge in [-0.2, -0.15) is 0 Å².